The molecule has 38 heavy (non-hydrogen) atoms. The highest BCUT2D eigenvalue weighted by molar-refractivity contribution is 8.04. The fraction of sp³-hybridized carbons (Fsp3) is 0.148. The lowest BCUT2D eigenvalue weighted by Gasteiger charge is -2.13. The molecule has 8 nitrogen and oxygen atoms in total. The van der Waals surface area contributed by atoms with Crippen LogP contribution < -0.4 is 14.2 Å². The van der Waals surface area contributed by atoms with Gasteiger partial charge in [0.25, 0.3) is 0 Å². The van der Waals surface area contributed by atoms with Crippen molar-refractivity contribution in [2.45, 2.75) is 18.7 Å². The molecule has 1 aromatic heterocycles. The molecule has 0 aliphatic heterocycles. The Bertz CT molecular complexity index is 1470. The van der Waals surface area contributed by atoms with Gasteiger partial charge in [-0.05, 0) is 66.7 Å². The van der Waals surface area contributed by atoms with E-state index in [1.807, 2.05) is 25.1 Å². The molecule has 0 fully saturated rings. The molecule has 0 saturated carbocycles. The summed E-state index contributed by atoms with van der Waals surface area (Å²) in [5.74, 6) is 0.823. The number of nitrogens with one attached hydrogen (secondary N) is 1. The van der Waals surface area contributed by atoms with Gasteiger partial charge in [-0.25, -0.2) is 9.78 Å². The highest BCUT2D eigenvalue weighted by atomic mass is 35.5. The summed E-state index contributed by atoms with van der Waals surface area (Å²) in [7, 11) is 1.54. The van der Waals surface area contributed by atoms with E-state index in [1.54, 1.807) is 42.5 Å². The molecule has 11 heteroatoms. The number of thioether (sulfide) groups is 1. The number of carboxylic acids is 1. The Kier molecular flexibility index (Phi) is 9.17. The molecular weight excluding hydrogens is 549 g/mol. The van der Waals surface area contributed by atoms with Crippen LogP contribution in [0.2, 0.25) is 10.0 Å². The molecule has 3 aromatic carbocycles. The van der Waals surface area contributed by atoms with E-state index in [4.69, 9.17) is 37.4 Å². The molecule has 0 amide bonds. The standard InChI is InChI=1S/C27H23Cl2N3O5S/c1-3-36-23-12-16(8-10-22(23)37-15-17-6-4-5-7-20(17)29)13-24(26(33)34)38-27-30-25(31-32-27)19-14-18(28)9-11-21(19)35-2/h4-14H,3,15H2,1-2H3,(H,33,34)(H,30,31,32)/b24-13-. The van der Waals surface area contributed by atoms with Gasteiger partial charge in [0.2, 0.25) is 5.16 Å². The van der Waals surface area contributed by atoms with E-state index < -0.39 is 5.97 Å². The maximum atomic E-state index is 12.0. The molecule has 1 heterocycles. The van der Waals surface area contributed by atoms with Crippen LogP contribution in [0.1, 0.15) is 18.1 Å². The Labute approximate surface area is 233 Å². The first kappa shape index (κ1) is 27.4. The number of aromatic nitrogens is 3. The minimum atomic E-state index is -1.13. The van der Waals surface area contributed by atoms with Crippen molar-refractivity contribution < 1.29 is 24.1 Å². The largest absolute Gasteiger partial charge is 0.496 e. The first-order valence-corrected chi connectivity index (χ1v) is 13.0. The number of methoxy groups -OCH3 is 1. The van der Waals surface area contributed by atoms with Crippen molar-refractivity contribution >= 4 is 47.0 Å². The molecule has 0 saturated heterocycles. The Morgan fingerprint density at radius 3 is 2.58 bits per heavy atom. The molecule has 4 rings (SSSR count). The summed E-state index contributed by atoms with van der Waals surface area (Å²) in [5.41, 5.74) is 2.05. The Morgan fingerprint density at radius 1 is 1.05 bits per heavy atom. The van der Waals surface area contributed by atoms with Gasteiger partial charge in [0.05, 0.1) is 19.3 Å². The number of hydrogen-bond donors (Lipinski definition) is 2. The second-order valence-corrected chi connectivity index (χ2v) is 9.60. The van der Waals surface area contributed by atoms with E-state index in [9.17, 15) is 9.90 Å². The highest BCUT2D eigenvalue weighted by Gasteiger charge is 2.17. The van der Waals surface area contributed by atoms with Crippen molar-refractivity contribution in [3.05, 3.63) is 86.7 Å². The second-order valence-electron chi connectivity index (χ2n) is 7.75. The predicted molar refractivity (Wildman–Crippen MR) is 148 cm³/mol. The van der Waals surface area contributed by atoms with Gasteiger partial charge in [-0.3, -0.25) is 5.10 Å². The lowest BCUT2D eigenvalue weighted by atomic mass is 10.2. The number of aromatic amines is 1. The first-order chi connectivity index (χ1) is 18.4. The normalized spacial score (nSPS) is 11.3. The number of nitrogens with zero attached hydrogens (tertiary/aromatic N) is 2. The summed E-state index contributed by atoms with van der Waals surface area (Å²) in [5, 5.41) is 18.1. The zero-order valence-corrected chi connectivity index (χ0v) is 22.7. The third-order valence-electron chi connectivity index (χ3n) is 5.20. The van der Waals surface area contributed by atoms with Gasteiger partial charge in [-0.2, -0.15) is 0 Å². The number of carboxylic acid groups (broad SMARTS) is 1. The number of benzene rings is 3. The van der Waals surface area contributed by atoms with Gasteiger partial charge in [-0.1, -0.05) is 47.5 Å². The van der Waals surface area contributed by atoms with Gasteiger partial charge in [-0.15, -0.1) is 5.10 Å². The molecule has 196 valence electrons. The third-order valence-corrected chi connectivity index (χ3v) is 6.68. The van der Waals surface area contributed by atoms with Gasteiger partial charge >= 0.3 is 5.97 Å². The molecule has 4 aromatic rings. The monoisotopic (exact) mass is 571 g/mol. The van der Waals surface area contributed by atoms with E-state index in [1.165, 1.54) is 13.2 Å². The Hall–Kier alpha value is -3.66. The predicted octanol–water partition coefficient (Wildman–Crippen LogP) is 6.98. The number of aliphatic carboxylic acids is 1. The maximum absolute atomic E-state index is 12.0. The van der Waals surface area contributed by atoms with Crippen LogP contribution in [-0.2, 0) is 11.4 Å². The van der Waals surface area contributed by atoms with Crippen molar-refractivity contribution in [3.63, 3.8) is 0 Å². The van der Waals surface area contributed by atoms with Gasteiger partial charge in [0, 0.05) is 15.6 Å². The minimum Gasteiger partial charge on any atom is -0.496 e. The van der Waals surface area contributed by atoms with E-state index >= 15 is 0 Å². The minimum absolute atomic E-state index is 0.0146. The molecule has 2 N–H and O–H groups in total. The van der Waals surface area contributed by atoms with Gasteiger partial charge < -0.3 is 19.3 Å². The Morgan fingerprint density at radius 2 is 1.84 bits per heavy atom. The van der Waals surface area contributed by atoms with Crippen LogP contribution >= 0.6 is 35.0 Å². The molecule has 0 unspecified atom stereocenters. The summed E-state index contributed by atoms with van der Waals surface area (Å²) in [6, 6.07) is 17.7. The van der Waals surface area contributed by atoms with Crippen LogP contribution in [0, 0.1) is 0 Å². The fourth-order valence-electron chi connectivity index (χ4n) is 3.44. The number of halogens is 2. The zero-order valence-electron chi connectivity index (χ0n) is 20.4. The molecular formula is C27H23Cl2N3O5S. The summed E-state index contributed by atoms with van der Waals surface area (Å²) in [6.07, 6.45) is 1.52. The molecule has 0 radical (unpaired) electrons. The zero-order chi connectivity index (χ0) is 27.1. The van der Waals surface area contributed by atoms with Gasteiger partial charge in [0.1, 0.15) is 17.3 Å². The number of carbonyl (C=O) groups is 1. The number of hydrogen-bond acceptors (Lipinski definition) is 7. The number of ether oxygens (including phenoxy) is 3. The maximum Gasteiger partial charge on any atom is 0.342 e. The van der Waals surface area contributed by atoms with Crippen molar-refractivity contribution in [1.82, 2.24) is 15.2 Å². The average Bonchev–Trinajstić information content (AvgIpc) is 3.37. The molecule has 0 bridgehead atoms. The topological polar surface area (TPSA) is 107 Å². The molecule has 0 atom stereocenters. The van der Waals surface area contributed by atoms with Crippen LogP contribution in [0.5, 0.6) is 17.2 Å². The van der Waals surface area contributed by atoms with Crippen LogP contribution in [0.15, 0.2) is 70.7 Å². The van der Waals surface area contributed by atoms with Crippen LogP contribution in [0.25, 0.3) is 17.5 Å². The highest BCUT2D eigenvalue weighted by Crippen LogP contribution is 2.34. The summed E-state index contributed by atoms with van der Waals surface area (Å²) < 4.78 is 17.0. The van der Waals surface area contributed by atoms with Crippen LogP contribution in [-0.4, -0.2) is 40.0 Å². The first-order valence-electron chi connectivity index (χ1n) is 11.4. The lowest BCUT2D eigenvalue weighted by molar-refractivity contribution is -0.131. The SMILES string of the molecule is CCOc1cc(/C=C(\Sc2n[nH]c(-c3cc(Cl)ccc3OC)n2)C(=O)O)ccc1OCc1ccccc1Cl. The summed E-state index contributed by atoms with van der Waals surface area (Å²) in [6.45, 7) is 2.52. The third kappa shape index (κ3) is 6.80. The van der Waals surface area contributed by atoms with E-state index in [0.717, 1.165) is 17.3 Å². The summed E-state index contributed by atoms with van der Waals surface area (Å²) in [4.78, 5) is 16.5. The number of rotatable bonds is 11. The average molecular weight is 572 g/mol. The van der Waals surface area contributed by atoms with Crippen LogP contribution in [0.3, 0.4) is 0 Å². The lowest BCUT2D eigenvalue weighted by Crippen LogP contribution is -2.01. The van der Waals surface area contributed by atoms with Crippen LogP contribution in [0.4, 0.5) is 0 Å². The quantitative estimate of drug-likeness (QED) is 0.146. The van der Waals surface area contributed by atoms with Gasteiger partial charge in [0.15, 0.2) is 17.3 Å². The van der Waals surface area contributed by atoms with E-state index in [2.05, 4.69) is 15.2 Å². The van der Waals surface area contributed by atoms with Crippen molar-refractivity contribution in [2.24, 2.45) is 0 Å². The van der Waals surface area contributed by atoms with Crippen molar-refractivity contribution in [2.75, 3.05) is 13.7 Å². The smallest absolute Gasteiger partial charge is 0.342 e. The fourth-order valence-corrected chi connectivity index (χ4v) is 4.50. The van der Waals surface area contributed by atoms with Crippen molar-refractivity contribution in [3.8, 4) is 28.6 Å². The van der Waals surface area contributed by atoms with E-state index in [0.29, 0.717) is 50.9 Å². The number of H-pyrrole nitrogens is 1. The van der Waals surface area contributed by atoms with Crippen molar-refractivity contribution in [1.29, 1.82) is 0 Å². The molecule has 0 spiro atoms. The molecule has 0 aliphatic rings. The summed E-state index contributed by atoms with van der Waals surface area (Å²) >= 11 is 13.2. The molecule has 0 aliphatic carbocycles. The Balaban J connectivity index is 1.56. The second kappa shape index (κ2) is 12.7. The van der Waals surface area contributed by atoms with E-state index in [-0.39, 0.29) is 16.7 Å².